The van der Waals surface area contributed by atoms with Crippen molar-refractivity contribution in [3.63, 3.8) is 0 Å². The zero-order chi connectivity index (χ0) is 10.9. The molecule has 0 aromatic heterocycles. The molecule has 0 spiro atoms. The molecule has 1 aromatic rings. The number of benzene rings is 1. The summed E-state index contributed by atoms with van der Waals surface area (Å²) in [5, 5.41) is 0. The van der Waals surface area contributed by atoms with Gasteiger partial charge in [-0.2, -0.15) is 0 Å². The Bertz CT molecular complexity index is 332. The molecule has 0 bridgehead atoms. The molecule has 0 heterocycles. The lowest BCUT2D eigenvalue weighted by atomic mass is 10.2. The van der Waals surface area contributed by atoms with Crippen LogP contribution < -0.4 is 0 Å². The average molecular weight is 200 g/mol. The van der Waals surface area contributed by atoms with Gasteiger partial charge in [0.15, 0.2) is 0 Å². The molecule has 0 saturated heterocycles. The Balaban J connectivity index is 2.21. The van der Waals surface area contributed by atoms with Crippen molar-refractivity contribution in [2.75, 3.05) is 13.2 Å². The lowest BCUT2D eigenvalue weighted by molar-refractivity contribution is 0.145. The number of hydrogen-bond acceptors (Lipinski definition) is 1. The first kappa shape index (κ1) is 11.6. The van der Waals surface area contributed by atoms with Gasteiger partial charge in [-0.05, 0) is 12.5 Å². The maximum atomic E-state index is 5.38. The van der Waals surface area contributed by atoms with Crippen LogP contribution in [0.2, 0.25) is 0 Å². The van der Waals surface area contributed by atoms with Gasteiger partial charge in [-0.3, -0.25) is 0 Å². The van der Waals surface area contributed by atoms with E-state index in [9.17, 15) is 0 Å². The molecule has 78 valence electrons. The monoisotopic (exact) mass is 200 g/mol. The molecule has 0 radical (unpaired) electrons. The highest BCUT2D eigenvalue weighted by Gasteiger charge is 1.93. The molecule has 0 aliphatic carbocycles. The second kappa shape index (κ2) is 6.86. The summed E-state index contributed by atoms with van der Waals surface area (Å²) >= 11 is 0. The normalized spacial score (nSPS) is 12.5. The van der Waals surface area contributed by atoms with Crippen molar-refractivity contribution in [2.24, 2.45) is 5.92 Å². The van der Waals surface area contributed by atoms with E-state index in [4.69, 9.17) is 11.2 Å². The van der Waals surface area contributed by atoms with Gasteiger partial charge in [0.1, 0.15) is 0 Å². The van der Waals surface area contributed by atoms with Crippen molar-refractivity contribution in [3.8, 4) is 12.3 Å². The van der Waals surface area contributed by atoms with Crippen LogP contribution in [-0.4, -0.2) is 13.2 Å². The lowest BCUT2D eigenvalue weighted by Gasteiger charge is -2.02. The molecule has 0 N–H and O–H groups in total. The topological polar surface area (TPSA) is 9.23 Å². The molecule has 1 unspecified atom stereocenters. The molecule has 0 saturated carbocycles. The lowest BCUT2D eigenvalue weighted by Crippen LogP contribution is -2.02. The maximum absolute atomic E-state index is 5.38. The van der Waals surface area contributed by atoms with Gasteiger partial charge in [0.05, 0.1) is 13.2 Å². The van der Waals surface area contributed by atoms with E-state index in [2.05, 4.69) is 18.1 Å². The van der Waals surface area contributed by atoms with Gasteiger partial charge in [-0.25, -0.2) is 0 Å². The van der Waals surface area contributed by atoms with E-state index < -0.39 is 0 Å². The minimum atomic E-state index is 0.190. The highest BCUT2D eigenvalue weighted by molar-refractivity contribution is 5.48. The highest BCUT2D eigenvalue weighted by atomic mass is 16.5. The Labute approximate surface area is 91.8 Å². The summed E-state index contributed by atoms with van der Waals surface area (Å²) in [6, 6.07) is 10.1. The summed E-state index contributed by atoms with van der Waals surface area (Å²) in [7, 11) is 0. The Morgan fingerprint density at radius 3 is 2.80 bits per heavy atom. The van der Waals surface area contributed by atoms with Crippen molar-refractivity contribution in [1.82, 2.24) is 0 Å². The Kier molecular flexibility index (Phi) is 5.29. The van der Waals surface area contributed by atoms with Crippen molar-refractivity contribution in [3.05, 3.63) is 42.0 Å². The third-order valence-electron chi connectivity index (χ3n) is 1.98. The third-order valence-corrected chi connectivity index (χ3v) is 1.98. The SMILES string of the molecule is C#CC(C)COC/C=C/c1ccccc1. The van der Waals surface area contributed by atoms with Crippen LogP contribution in [0.5, 0.6) is 0 Å². The van der Waals surface area contributed by atoms with E-state index in [-0.39, 0.29) is 5.92 Å². The maximum Gasteiger partial charge on any atom is 0.0651 e. The predicted octanol–water partition coefficient (Wildman–Crippen LogP) is 2.99. The molecular formula is C14H16O. The molecule has 0 amide bonds. The summed E-state index contributed by atoms with van der Waals surface area (Å²) in [5.41, 5.74) is 1.19. The fraction of sp³-hybridized carbons (Fsp3) is 0.286. The standard InChI is InChI=1S/C14H16O/c1-3-13(2)12-15-11-7-10-14-8-5-4-6-9-14/h1,4-10,13H,11-12H2,2H3/b10-7+. The van der Waals surface area contributed by atoms with E-state index in [0.717, 1.165) is 0 Å². The number of hydrogen-bond donors (Lipinski definition) is 0. The Hall–Kier alpha value is -1.52. The largest absolute Gasteiger partial charge is 0.376 e. The zero-order valence-electron chi connectivity index (χ0n) is 9.02. The van der Waals surface area contributed by atoms with Crippen molar-refractivity contribution in [2.45, 2.75) is 6.92 Å². The number of terminal acetylenes is 1. The molecule has 0 aliphatic rings. The molecule has 15 heavy (non-hydrogen) atoms. The van der Waals surface area contributed by atoms with Crippen molar-refractivity contribution >= 4 is 6.08 Å². The molecule has 1 heteroatoms. The second-order valence-corrected chi connectivity index (χ2v) is 3.42. The van der Waals surface area contributed by atoms with Gasteiger partial charge in [0, 0.05) is 5.92 Å². The van der Waals surface area contributed by atoms with Gasteiger partial charge in [0.25, 0.3) is 0 Å². The van der Waals surface area contributed by atoms with E-state index >= 15 is 0 Å². The summed E-state index contributed by atoms with van der Waals surface area (Å²) in [6.07, 6.45) is 9.27. The third kappa shape index (κ3) is 5.05. The van der Waals surface area contributed by atoms with Crippen LogP contribution in [0.1, 0.15) is 12.5 Å². The van der Waals surface area contributed by atoms with Crippen LogP contribution in [0.4, 0.5) is 0 Å². The quantitative estimate of drug-likeness (QED) is 0.524. The predicted molar refractivity (Wildman–Crippen MR) is 64.3 cm³/mol. The molecule has 1 aromatic carbocycles. The van der Waals surface area contributed by atoms with Crippen molar-refractivity contribution in [1.29, 1.82) is 0 Å². The summed E-state index contributed by atoms with van der Waals surface area (Å²) in [5.74, 6) is 2.81. The average Bonchev–Trinajstić information content (AvgIpc) is 2.29. The second-order valence-electron chi connectivity index (χ2n) is 3.42. The fourth-order valence-electron chi connectivity index (χ4n) is 1.11. The smallest absolute Gasteiger partial charge is 0.0651 e. The minimum Gasteiger partial charge on any atom is -0.376 e. The van der Waals surface area contributed by atoms with E-state index in [1.165, 1.54) is 5.56 Å². The van der Waals surface area contributed by atoms with Crippen LogP contribution in [-0.2, 0) is 4.74 Å². The molecule has 1 rings (SSSR count). The van der Waals surface area contributed by atoms with Crippen LogP contribution >= 0.6 is 0 Å². The molecule has 1 atom stereocenters. The van der Waals surface area contributed by atoms with Crippen LogP contribution in [0, 0.1) is 18.3 Å². The fourth-order valence-corrected chi connectivity index (χ4v) is 1.11. The first-order chi connectivity index (χ1) is 7.33. The van der Waals surface area contributed by atoms with Crippen molar-refractivity contribution < 1.29 is 4.74 Å². The van der Waals surface area contributed by atoms with Gasteiger partial charge < -0.3 is 4.74 Å². The molecular weight excluding hydrogens is 184 g/mol. The number of ether oxygens (including phenoxy) is 1. The molecule has 0 aliphatic heterocycles. The highest BCUT2D eigenvalue weighted by Crippen LogP contribution is 2.01. The first-order valence-electron chi connectivity index (χ1n) is 5.08. The summed E-state index contributed by atoms with van der Waals surface area (Å²) in [6.45, 7) is 3.21. The summed E-state index contributed by atoms with van der Waals surface area (Å²) < 4.78 is 5.38. The van der Waals surface area contributed by atoms with Gasteiger partial charge >= 0.3 is 0 Å². The molecule has 0 fully saturated rings. The Morgan fingerprint density at radius 2 is 2.13 bits per heavy atom. The molecule has 1 nitrogen and oxygen atoms in total. The van der Waals surface area contributed by atoms with Crippen LogP contribution in [0.15, 0.2) is 36.4 Å². The van der Waals surface area contributed by atoms with E-state index in [1.54, 1.807) is 0 Å². The Morgan fingerprint density at radius 1 is 1.40 bits per heavy atom. The van der Waals surface area contributed by atoms with Gasteiger partial charge in [0.2, 0.25) is 0 Å². The number of rotatable bonds is 5. The van der Waals surface area contributed by atoms with Crippen LogP contribution in [0.25, 0.3) is 6.08 Å². The van der Waals surface area contributed by atoms with E-state index in [1.807, 2.05) is 37.3 Å². The minimum absolute atomic E-state index is 0.190. The van der Waals surface area contributed by atoms with Gasteiger partial charge in [-0.15, -0.1) is 12.3 Å². The van der Waals surface area contributed by atoms with E-state index in [0.29, 0.717) is 13.2 Å². The summed E-state index contributed by atoms with van der Waals surface area (Å²) in [4.78, 5) is 0. The van der Waals surface area contributed by atoms with Gasteiger partial charge in [-0.1, -0.05) is 42.5 Å². The zero-order valence-corrected chi connectivity index (χ0v) is 9.02. The first-order valence-corrected chi connectivity index (χ1v) is 5.08. The van der Waals surface area contributed by atoms with Crippen LogP contribution in [0.3, 0.4) is 0 Å².